The number of Topliss-reactive ketones (excluding diaryl/α,β-unsaturated/α-hetero) is 1. The summed E-state index contributed by atoms with van der Waals surface area (Å²) < 4.78 is 0. The summed E-state index contributed by atoms with van der Waals surface area (Å²) in [5, 5.41) is 31.7. The standard InChI is InChI=1S/C19H32O2.C19H30O2/c1-17-10-4-6-15(17)14-8-7-13-5-3-11-19(20,21)18(13,2)16(14)9-12-17;1-18-9-7-13(20)11-12(18)3-4-14-15-5-6-17(21)19(15,2)10-8-16(14)18/h13-16,20-21H,3-12H2,1-2H3;12-16,20H,3-11H2,1-2H3/t13?,14-,15-,16-,17-,18-;12-,13+,14-,15-,16-,18-,19-/m00/s1. The van der Waals surface area contributed by atoms with Crippen molar-refractivity contribution < 1.29 is 20.1 Å². The van der Waals surface area contributed by atoms with E-state index in [2.05, 4.69) is 27.7 Å². The lowest BCUT2D eigenvalue weighted by Crippen LogP contribution is -2.63. The van der Waals surface area contributed by atoms with Crippen molar-refractivity contribution in [1.82, 2.24) is 0 Å². The molecule has 0 aromatic carbocycles. The zero-order valence-electron chi connectivity index (χ0n) is 27.4. The first-order valence-corrected chi connectivity index (χ1v) is 18.5. The zero-order chi connectivity index (χ0) is 29.7. The topological polar surface area (TPSA) is 77.8 Å². The second-order valence-electron chi connectivity index (χ2n) is 18.2. The van der Waals surface area contributed by atoms with Crippen LogP contribution in [0.25, 0.3) is 0 Å². The molecule has 8 aliphatic carbocycles. The van der Waals surface area contributed by atoms with Gasteiger partial charge in [0.05, 0.1) is 6.10 Å². The lowest BCUT2D eigenvalue weighted by molar-refractivity contribution is -0.312. The first kappa shape index (κ1) is 30.2. The van der Waals surface area contributed by atoms with E-state index in [0.717, 1.165) is 68.1 Å². The minimum absolute atomic E-state index is 0.0124. The molecule has 1 unspecified atom stereocenters. The van der Waals surface area contributed by atoms with Crippen molar-refractivity contribution in [3.05, 3.63) is 0 Å². The van der Waals surface area contributed by atoms with Crippen LogP contribution in [0.4, 0.5) is 0 Å². The number of hydrogen-bond donors (Lipinski definition) is 3. The SMILES string of the molecule is C[C@@]12CCC[C@H]1[C@@H]1CCC3CCCC(O)(O)[C@]3(C)[C@H]1CC2.C[C@]12CC[C@@H](O)C[C@@H]1CC[C@@H]1[C@@H]2CC[C@]2(C)C(=O)CC[C@@H]12. The summed E-state index contributed by atoms with van der Waals surface area (Å²) in [4.78, 5) is 12.4. The second-order valence-corrected chi connectivity index (χ2v) is 18.2. The van der Waals surface area contributed by atoms with Crippen molar-refractivity contribution in [1.29, 1.82) is 0 Å². The first-order valence-electron chi connectivity index (χ1n) is 18.5. The van der Waals surface area contributed by atoms with E-state index in [1.165, 1.54) is 77.0 Å². The lowest BCUT2D eigenvalue weighted by Gasteiger charge is -2.63. The van der Waals surface area contributed by atoms with Gasteiger partial charge in [0.25, 0.3) is 0 Å². The molecule has 0 spiro atoms. The number of aliphatic hydroxyl groups is 3. The highest BCUT2D eigenvalue weighted by molar-refractivity contribution is 5.87. The third-order valence-electron chi connectivity index (χ3n) is 17.0. The van der Waals surface area contributed by atoms with Crippen LogP contribution in [0.1, 0.15) is 150 Å². The fraction of sp³-hybridized carbons (Fsp3) is 0.974. The number of aliphatic hydroxyl groups excluding tert-OH is 1. The molecule has 4 nitrogen and oxygen atoms in total. The highest BCUT2D eigenvalue weighted by Crippen LogP contribution is 2.68. The van der Waals surface area contributed by atoms with Crippen molar-refractivity contribution in [2.24, 2.45) is 69.0 Å². The molecule has 13 atom stereocenters. The van der Waals surface area contributed by atoms with E-state index in [9.17, 15) is 20.1 Å². The summed E-state index contributed by atoms with van der Waals surface area (Å²) in [5.74, 6) is 4.80. The average molecular weight is 583 g/mol. The third-order valence-corrected chi connectivity index (χ3v) is 17.0. The average Bonchev–Trinajstić information content (AvgIpc) is 3.49. The Morgan fingerprint density at radius 1 is 0.619 bits per heavy atom. The van der Waals surface area contributed by atoms with Gasteiger partial charge in [0.1, 0.15) is 5.78 Å². The number of ketones is 1. The summed E-state index contributed by atoms with van der Waals surface area (Å²) in [6, 6.07) is 0. The number of hydrogen-bond acceptors (Lipinski definition) is 4. The van der Waals surface area contributed by atoms with Gasteiger partial charge in [0, 0.05) is 23.7 Å². The maximum atomic E-state index is 12.4. The molecule has 4 heteroatoms. The number of rotatable bonds is 0. The van der Waals surface area contributed by atoms with E-state index in [1.807, 2.05) is 0 Å². The van der Waals surface area contributed by atoms with Crippen LogP contribution < -0.4 is 0 Å². The molecular formula is C38H62O4. The fourth-order valence-electron chi connectivity index (χ4n) is 14.4. The van der Waals surface area contributed by atoms with E-state index in [0.29, 0.717) is 40.8 Å². The molecule has 8 aliphatic rings. The van der Waals surface area contributed by atoms with Crippen LogP contribution in [-0.4, -0.2) is 33.0 Å². The largest absolute Gasteiger partial charge is 0.393 e. The van der Waals surface area contributed by atoms with E-state index < -0.39 is 5.79 Å². The highest BCUT2D eigenvalue weighted by atomic mass is 16.5. The van der Waals surface area contributed by atoms with Gasteiger partial charge in [-0.15, -0.1) is 0 Å². The molecule has 0 saturated heterocycles. The normalized spacial score (nSPS) is 56.0. The molecule has 0 bridgehead atoms. The van der Waals surface area contributed by atoms with E-state index in [-0.39, 0.29) is 16.9 Å². The van der Waals surface area contributed by atoms with Gasteiger partial charge in [-0.3, -0.25) is 4.79 Å². The zero-order valence-corrected chi connectivity index (χ0v) is 27.4. The van der Waals surface area contributed by atoms with E-state index in [4.69, 9.17) is 0 Å². The van der Waals surface area contributed by atoms with Crippen molar-refractivity contribution >= 4 is 5.78 Å². The fourth-order valence-corrected chi connectivity index (χ4v) is 14.4. The smallest absolute Gasteiger partial charge is 0.168 e. The van der Waals surface area contributed by atoms with Crippen molar-refractivity contribution in [3.63, 3.8) is 0 Å². The summed E-state index contributed by atoms with van der Waals surface area (Å²) in [7, 11) is 0. The Kier molecular flexibility index (Phi) is 7.40. The molecule has 0 aromatic rings. The van der Waals surface area contributed by atoms with Crippen LogP contribution in [0.3, 0.4) is 0 Å². The molecule has 42 heavy (non-hydrogen) atoms. The molecular weight excluding hydrogens is 520 g/mol. The van der Waals surface area contributed by atoms with Gasteiger partial charge in [0.2, 0.25) is 0 Å². The predicted molar refractivity (Wildman–Crippen MR) is 166 cm³/mol. The number of carbonyl (C=O) groups is 1. The molecule has 8 rings (SSSR count). The van der Waals surface area contributed by atoms with Crippen LogP contribution in [0.5, 0.6) is 0 Å². The lowest BCUT2D eigenvalue weighted by atomic mass is 9.44. The van der Waals surface area contributed by atoms with Gasteiger partial charge >= 0.3 is 0 Å². The minimum atomic E-state index is -1.43. The van der Waals surface area contributed by atoms with Gasteiger partial charge in [-0.2, -0.15) is 0 Å². The monoisotopic (exact) mass is 582 g/mol. The molecule has 3 N–H and O–H groups in total. The Labute approximate surface area is 256 Å². The Hall–Kier alpha value is -0.450. The van der Waals surface area contributed by atoms with Crippen molar-refractivity contribution in [2.75, 3.05) is 0 Å². The van der Waals surface area contributed by atoms with Crippen LogP contribution in [-0.2, 0) is 4.79 Å². The Balaban J connectivity index is 0.000000137. The van der Waals surface area contributed by atoms with Crippen molar-refractivity contribution in [2.45, 2.75) is 162 Å². The molecule has 0 aromatic heterocycles. The van der Waals surface area contributed by atoms with Gasteiger partial charge in [-0.05, 0) is 161 Å². The predicted octanol–water partition coefficient (Wildman–Crippen LogP) is 8.06. The van der Waals surface area contributed by atoms with Gasteiger partial charge < -0.3 is 15.3 Å². The Bertz CT molecular complexity index is 1050. The Morgan fingerprint density at radius 2 is 1.31 bits per heavy atom. The summed E-state index contributed by atoms with van der Waals surface area (Å²) in [6.07, 6.45) is 22.3. The molecule has 0 amide bonds. The van der Waals surface area contributed by atoms with Crippen LogP contribution >= 0.6 is 0 Å². The molecule has 8 fully saturated rings. The number of fused-ring (bicyclic) bond motifs is 10. The first-order chi connectivity index (χ1) is 19.8. The molecule has 8 saturated carbocycles. The maximum absolute atomic E-state index is 12.4. The van der Waals surface area contributed by atoms with E-state index in [1.54, 1.807) is 0 Å². The van der Waals surface area contributed by atoms with Crippen LogP contribution in [0, 0.1) is 69.0 Å². The summed E-state index contributed by atoms with van der Waals surface area (Å²) >= 11 is 0. The Morgan fingerprint density at radius 3 is 2.10 bits per heavy atom. The van der Waals surface area contributed by atoms with E-state index >= 15 is 0 Å². The van der Waals surface area contributed by atoms with Gasteiger partial charge in [-0.25, -0.2) is 0 Å². The van der Waals surface area contributed by atoms with Crippen molar-refractivity contribution in [3.8, 4) is 0 Å². The van der Waals surface area contributed by atoms with Gasteiger partial charge in [0.15, 0.2) is 5.79 Å². The molecule has 0 heterocycles. The second kappa shape index (κ2) is 10.3. The van der Waals surface area contributed by atoms with Crippen LogP contribution in [0.2, 0.25) is 0 Å². The third kappa shape index (κ3) is 4.25. The van der Waals surface area contributed by atoms with Crippen LogP contribution in [0.15, 0.2) is 0 Å². The minimum Gasteiger partial charge on any atom is -0.393 e. The summed E-state index contributed by atoms with van der Waals surface area (Å²) in [5.41, 5.74) is 0.762. The number of carbonyl (C=O) groups excluding carboxylic acids is 1. The molecule has 238 valence electrons. The molecule has 0 radical (unpaired) electrons. The summed E-state index contributed by atoms with van der Waals surface area (Å²) in [6.45, 7) is 9.52. The molecule has 0 aliphatic heterocycles. The quantitative estimate of drug-likeness (QED) is 0.253. The van der Waals surface area contributed by atoms with Gasteiger partial charge in [-0.1, -0.05) is 34.1 Å². The maximum Gasteiger partial charge on any atom is 0.168 e. The highest BCUT2D eigenvalue weighted by Gasteiger charge is 2.64.